The normalized spacial score (nSPS) is 25.8. The molecule has 3 N–H and O–H groups in total. The van der Waals surface area contributed by atoms with E-state index in [1.165, 1.54) is 12.8 Å². The molecule has 0 spiro atoms. The second-order valence-corrected chi connectivity index (χ2v) is 6.61. The predicted octanol–water partition coefficient (Wildman–Crippen LogP) is 1.76. The molecule has 2 unspecified atom stereocenters. The Morgan fingerprint density at radius 1 is 1.50 bits per heavy atom. The average molecular weight is 244 g/mol. The van der Waals surface area contributed by atoms with Crippen molar-refractivity contribution in [2.45, 2.75) is 51.3 Å². The topological polar surface area (TPSA) is 55.1 Å². The Morgan fingerprint density at radius 2 is 2.19 bits per heavy atom. The molecule has 0 aromatic carbocycles. The first-order chi connectivity index (χ1) is 7.51. The average Bonchev–Trinajstić information content (AvgIpc) is 2.66. The van der Waals surface area contributed by atoms with Crippen LogP contribution in [0.3, 0.4) is 0 Å². The molecule has 0 bridgehead atoms. The van der Waals surface area contributed by atoms with Crippen molar-refractivity contribution in [2.24, 2.45) is 11.1 Å². The number of nitrogens with one attached hydrogen (secondary N) is 1. The Bertz CT molecular complexity index is 243. The van der Waals surface area contributed by atoms with Crippen LogP contribution >= 0.6 is 11.8 Å². The van der Waals surface area contributed by atoms with E-state index < -0.39 is 5.41 Å². The van der Waals surface area contributed by atoms with Crippen LogP contribution < -0.4 is 11.1 Å². The van der Waals surface area contributed by atoms with Crippen LogP contribution in [0.25, 0.3) is 0 Å². The Kier molecular flexibility index (Phi) is 5.12. The van der Waals surface area contributed by atoms with Gasteiger partial charge in [-0.25, -0.2) is 0 Å². The molecular weight excluding hydrogens is 220 g/mol. The fraction of sp³-hybridized carbons (Fsp3) is 0.917. The Labute approximate surface area is 103 Å². The molecule has 0 aliphatic heterocycles. The van der Waals surface area contributed by atoms with E-state index in [0.29, 0.717) is 17.8 Å². The van der Waals surface area contributed by atoms with Crippen molar-refractivity contribution >= 4 is 17.7 Å². The van der Waals surface area contributed by atoms with Gasteiger partial charge in [-0.3, -0.25) is 4.79 Å². The first-order valence-corrected chi connectivity index (χ1v) is 7.18. The van der Waals surface area contributed by atoms with Gasteiger partial charge in [0, 0.05) is 17.8 Å². The molecule has 94 valence electrons. The quantitative estimate of drug-likeness (QED) is 0.775. The van der Waals surface area contributed by atoms with E-state index in [9.17, 15) is 4.79 Å². The van der Waals surface area contributed by atoms with Gasteiger partial charge in [0.1, 0.15) is 0 Å². The minimum absolute atomic E-state index is 0.101. The highest BCUT2D eigenvalue weighted by Gasteiger charge is 2.33. The molecule has 0 saturated heterocycles. The van der Waals surface area contributed by atoms with Gasteiger partial charge in [-0.05, 0) is 32.4 Å². The summed E-state index contributed by atoms with van der Waals surface area (Å²) in [7, 11) is 0. The zero-order valence-electron chi connectivity index (χ0n) is 10.6. The van der Waals surface area contributed by atoms with Crippen LogP contribution in [0.1, 0.15) is 40.0 Å². The van der Waals surface area contributed by atoms with Crippen LogP contribution in [-0.4, -0.2) is 29.5 Å². The highest BCUT2D eigenvalue weighted by Crippen LogP contribution is 2.30. The van der Waals surface area contributed by atoms with Crippen molar-refractivity contribution in [1.29, 1.82) is 0 Å². The van der Waals surface area contributed by atoms with Gasteiger partial charge in [-0.1, -0.05) is 13.3 Å². The molecule has 1 aliphatic carbocycles. The number of amides is 1. The van der Waals surface area contributed by atoms with Crippen LogP contribution in [0.4, 0.5) is 0 Å². The van der Waals surface area contributed by atoms with E-state index in [1.54, 1.807) is 0 Å². The SMILES string of the molecule is CCSC1CCCC1NC(=O)C(C)(C)CN. The van der Waals surface area contributed by atoms with Crippen molar-refractivity contribution in [3.63, 3.8) is 0 Å². The first kappa shape index (κ1) is 13.8. The largest absolute Gasteiger partial charge is 0.352 e. The predicted molar refractivity (Wildman–Crippen MR) is 70.5 cm³/mol. The second kappa shape index (κ2) is 5.92. The number of hydrogen-bond acceptors (Lipinski definition) is 3. The molecule has 1 rings (SSSR count). The van der Waals surface area contributed by atoms with Crippen molar-refractivity contribution in [1.82, 2.24) is 5.32 Å². The third kappa shape index (κ3) is 3.39. The van der Waals surface area contributed by atoms with E-state index in [-0.39, 0.29) is 5.91 Å². The van der Waals surface area contributed by atoms with Gasteiger partial charge in [0.25, 0.3) is 0 Å². The second-order valence-electron chi connectivity index (χ2n) is 5.09. The fourth-order valence-corrected chi connectivity index (χ4v) is 3.16. The fourth-order valence-electron chi connectivity index (χ4n) is 1.96. The summed E-state index contributed by atoms with van der Waals surface area (Å²) in [4.78, 5) is 12.0. The minimum Gasteiger partial charge on any atom is -0.352 e. The summed E-state index contributed by atoms with van der Waals surface area (Å²) in [5.74, 6) is 1.22. The third-order valence-corrected chi connectivity index (χ3v) is 4.60. The van der Waals surface area contributed by atoms with E-state index in [0.717, 1.165) is 12.2 Å². The molecule has 1 aliphatic rings. The lowest BCUT2D eigenvalue weighted by molar-refractivity contribution is -0.129. The van der Waals surface area contributed by atoms with Gasteiger partial charge < -0.3 is 11.1 Å². The maximum Gasteiger partial charge on any atom is 0.227 e. The molecule has 16 heavy (non-hydrogen) atoms. The first-order valence-electron chi connectivity index (χ1n) is 6.14. The minimum atomic E-state index is -0.440. The Balaban J connectivity index is 2.50. The Morgan fingerprint density at radius 3 is 2.75 bits per heavy atom. The van der Waals surface area contributed by atoms with Crippen molar-refractivity contribution in [3.05, 3.63) is 0 Å². The zero-order chi connectivity index (χ0) is 12.2. The third-order valence-electron chi connectivity index (χ3n) is 3.27. The van der Waals surface area contributed by atoms with Crippen LogP contribution in [0.15, 0.2) is 0 Å². The maximum absolute atomic E-state index is 12.0. The van der Waals surface area contributed by atoms with Crippen LogP contribution in [0.2, 0.25) is 0 Å². The Hall–Kier alpha value is -0.220. The standard InChI is InChI=1S/C12H24N2OS/c1-4-16-10-7-5-6-9(10)14-11(15)12(2,3)8-13/h9-10H,4-8,13H2,1-3H3,(H,14,15). The molecule has 0 heterocycles. The van der Waals surface area contributed by atoms with E-state index >= 15 is 0 Å². The van der Waals surface area contributed by atoms with Gasteiger partial charge in [0.05, 0.1) is 5.41 Å². The highest BCUT2D eigenvalue weighted by molar-refractivity contribution is 7.99. The molecule has 0 radical (unpaired) electrons. The summed E-state index contributed by atoms with van der Waals surface area (Å²) in [6.45, 7) is 6.38. The van der Waals surface area contributed by atoms with E-state index in [4.69, 9.17) is 5.73 Å². The monoisotopic (exact) mass is 244 g/mol. The summed E-state index contributed by atoms with van der Waals surface area (Å²) in [6, 6.07) is 0.350. The van der Waals surface area contributed by atoms with Crippen LogP contribution in [-0.2, 0) is 4.79 Å². The highest BCUT2D eigenvalue weighted by atomic mass is 32.2. The molecule has 1 fully saturated rings. The molecule has 3 nitrogen and oxygen atoms in total. The number of carbonyl (C=O) groups excluding carboxylic acids is 1. The van der Waals surface area contributed by atoms with E-state index in [2.05, 4.69) is 12.2 Å². The van der Waals surface area contributed by atoms with Gasteiger partial charge in [0.15, 0.2) is 0 Å². The number of nitrogens with two attached hydrogens (primary N) is 1. The number of rotatable bonds is 5. The molecule has 0 aromatic rings. The van der Waals surface area contributed by atoms with Gasteiger partial charge in [0.2, 0.25) is 5.91 Å². The molecule has 1 saturated carbocycles. The molecule has 2 atom stereocenters. The molecule has 1 amide bonds. The molecule has 0 aromatic heterocycles. The summed E-state index contributed by atoms with van der Waals surface area (Å²) >= 11 is 1.96. The number of hydrogen-bond donors (Lipinski definition) is 2. The maximum atomic E-state index is 12.0. The molecular formula is C12H24N2OS. The lowest BCUT2D eigenvalue weighted by Gasteiger charge is -2.27. The summed E-state index contributed by atoms with van der Waals surface area (Å²) in [6.07, 6.45) is 3.57. The number of thioether (sulfide) groups is 1. The van der Waals surface area contributed by atoms with Gasteiger partial charge >= 0.3 is 0 Å². The van der Waals surface area contributed by atoms with Crippen molar-refractivity contribution in [2.75, 3.05) is 12.3 Å². The lowest BCUT2D eigenvalue weighted by Crippen LogP contribution is -2.48. The van der Waals surface area contributed by atoms with Crippen molar-refractivity contribution < 1.29 is 4.79 Å². The van der Waals surface area contributed by atoms with Gasteiger partial charge in [-0.2, -0.15) is 11.8 Å². The zero-order valence-corrected chi connectivity index (χ0v) is 11.4. The van der Waals surface area contributed by atoms with Crippen molar-refractivity contribution in [3.8, 4) is 0 Å². The van der Waals surface area contributed by atoms with Crippen LogP contribution in [0.5, 0.6) is 0 Å². The van der Waals surface area contributed by atoms with Gasteiger partial charge in [-0.15, -0.1) is 0 Å². The molecule has 4 heteroatoms. The summed E-state index contributed by atoms with van der Waals surface area (Å²) in [5, 5.41) is 3.76. The lowest BCUT2D eigenvalue weighted by atomic mass is 9.92. The summed E-state index contributed by atoms with van der Waals surface area (Å²) in [5.41, 5.74) is 5.17. The smallest absolute Gasteiger partial charge is 0.227 e. The van der Waals surface area contributed by atoms with Crippen LogP contribution in [0, 0.1) is 5.41 Å². The van der Waals surface area contributed by atoms with E-state index in [1.807, 2.05) is 25.6 Å². The summed E-state index contributed by atoms with van der Waals surface area (Å²) < 4.78 is 0. The number of carbonyl (C=O) groups is 1.